The molecule has 0 N–H and O–H groups in total. The Morgan fingerprint density at radius 1 is 1.09 bits per heavy atom. The minimum Gasteiger partial charge on any atom is -0.332 e. The molecule has 3 rings (SSSR count). The fraction of sp³-hybridized carbons (Fsp3) is 0.250. The molecule has 0 aliphatic carbocycles. The molecule has 0 spiro atoms. The summed E-state index contributed by atoms with van der Waals surface area (Å²) in [5, 5.41) is 8.25. The zero-order valence-corrected chi connectivity index (χ0v) is 12.6. The van der Waals surface area contributed by atoms with Gasteiger partial charge in [0.1, 0.15) is 5.69 Å². The van der Waals surface area contributed by atoms with E-state index in [1.165, 1.54) is 10.7 Å². The number of aryl methyl sites for hydroxylation is 1. The molecule has 6 nitrogen and oxygen atoms in total. The van der Waals surface area contributed by atoms with Crippen LogP contribution < -0.4 is 5.56 Å². The van der Waals surface area contributed by atoms with Crippen molar-refractivity contribution in [2.75, 3.05) is 0 Å². The van der Waals surface area contributed by atoms with E-state index in [1.807, 2.05) is 45.0 Å². The van der Waals surface area contributed by atoms with Crippen molar-refractivity contribution >= 4 is 0 Å². The van der Waals surface area contributed by atoms with Gasteiger partial charge in [0.15, 0.2) is 0 Å². The van der Waals surface area contributed by atoms with E-state index in [1.54, 1.807) is 6.07 Å². The third-order valence-corrected chi connectivity index (χ3v) is 3.27. The quantitative estimate of drug-likeness (QED) is 0.743. The van der Waals surface area contributed by atoms with Crippen LogP contribution in [0.4, 0.5) is 0 Å². The van der Waals surface area contributed by atoms with Crippen LogP contribution in [0.15, 0.2) is 45.7 Å². The number of rotatable bonds is 3. The van der Waals surface area contributed by atoms with Crippen LogP contribution in [-0.2, 0) is 0 Å². The first-order valence-electron chi connectivity index (χ1n) is 7.05. The van der Waals surface area contributed by atoms with Crippen LogP contribution in [0.5, 0.6) is 0 Å². The lowest BCUT2D eigenvalue weighted by atomic mass is 10.1. The fourth-order valence-corrected chi connectivity index (χ4v) is 2.06. The summed E-state index contributed by atoms with van der Waals surface area (Å²) in [7, 11) is 0. The minimum absolute atomic E-state index is 0.0352. The smallest absolute Gasteiger partial charge is 0.278 e. The third-order valence-electron chi connectivity index (χ3n) is 3.27. The fourth-order valence-electron chi connectivity index (χ4n) is 2.06. The van der Waals surface area contributed by atoms with E-state index in [-0.39, 0.29) is 11.6 Å². The maximum atomic E-state index is 11.7. The minimum atomic E-state index is -0.156. The lowest BCUT2D eigenvalue weighted by Gasteiger charge is -2.07. The van der Waals surface area contributed by atoms with Gasteiger partial charge in [-0.15, -0.1) is 0 Å². The Labute approximate surface area is 127 Å². The summed E-state index contributed by atoms with van der Waals surface area (Å²) >= 11 is 0. The van der Waals surface area contributed by atoms with Crippen molar-refractivity contribution in [1.29, 1.82) is 0 Å². The number of hydrogen-bond acceptors (Lipinski definition) is 5. The first kappa shape index (κ1) is 14.2. The highest BCUT2D eigenvalue weighted by atomic mass is 16.5. The molecular weight excluding hydrogens is 280 g/mol. The van der Waals surface area contributed by atoms with Crippen LogP contribution in [0, 0.1) is 6.92 Å². The Balaban J connectivity index is 1.99. The van der Waals surface area contributed by atoms with E-state index in [0.717, 1.165) is 11.1 Å². The summed E-state index contributed by atoms with van der Waals surface area (Å²) in [4.78, 5) is 16.1. The van der Waals surface area contributed by atoms with Gasteiger partial charge < -0.3 is 4.52 Å². The molecule has 112 valence electrons. The van der Waals surface area contributed by atoms with Crippen molar-refractivity contribution in [2.24, 2.45) is 0 Å². The summed E-state index contributed by atoms with van der Waals surface area (Å²) in [5.41, 5.74) is 2.37. The molecule has 6 heteroatoms. The second kappa shape index (κ2) is 5.55. The van der Waals surface area contributed by atoms with Crippen molar-refractivity contribution < 1.29 is 4.52 Å². The number of aromatic nitrogens is 4. The van der Waals surface area contributed by atoms with Gasteiger partial charge in [0.2, 0.25) is 5.82 Å². The van der Waals surface area contributed by atoms with Crippen LogP contribution in [0.1, 0.15) is 25.5 Å². The summed E-state index contributed by atoms with van der Waals surface area (Å²) in [5.74, 6) is 0.795. The number of hydrogen-bond donors (Lipinski definition) is 0. The predicted molar refractivity (Wildman–Crippen MR) is 82.3 cm³/mol. The lowest BCUT2D eigenvalue weighted by molar-refractivity contribution is 0.426. The molecule has 0 aliphatic rings. The molecule has 2 aromatic heterocycles. The van der Waals surface area contributed by atoms with Gasteiger partial charge >= 0.3 is 0 Å². The lowest BCUT2D eigenvalue weighted by Crippen LogP contribution is -2.23. The van der Waals surface area contributed by atoms with Gasteiger partial charge in [0.05, 0.1) is 6.04 Å². The monoisotopic (exact) mass is 296 g/mol. The highest BCUT2D eigenvalue weighted by Gasteiger charge is 2.13. The molecule has 2 heterocycles. The van der Waals surface area contributed by atoms with E-state index >= 15 is 0 Å². The molecule has 0 aliphatic heterocycles. The van der Waals surface area contributed by atoms with Gasteiger partial charge in [-0.05, 0) is 26.8 Å². The summed E-state index contributed by atoms with van der Waals surface area (Å²) in [6.07, 6.45) is 0. The van der Waals surface area contributed by atoms with Crippen molar-refractivity contribution in [3.63, 3.8) is 0 Å². The SMILES string of the molecule is Cc1ccc(-c2noc(-c3ccc(=O)n(C(C)C)n3)n2)cc1. The molecule has 0 saturated carbocycles. The van der Waals surface area contributed by atoms with Crippen molar-refractivity contribution in [1.82, 2.24) is 19.9 Å². The molecule has 0 bridgehead atoms. The van der Waals surface area contributed by atoms with E-state index in [4.69, 9.17) is 4.52 Å². The highest BCUT2D eigenvalue weighted by molar-refractivity contribution is 5.57. The summed E-state index contributed by atoms with van der Waals surface area (Å²) in [6, 6.07) is 10.9. The zero-order chi connectivity index (χ0) is 15.7. The average molecular weight is 296 g/mol. The molecule has 0 radical (unpaired) electrons. The summed E-state index contributed by atoms with van der Waals surface area (Å²) < 4.78 is 6.66. The van der Waals surface area contributed by atoms with Crippen LogP contribution >= 0.6 is 0 Å². The summed E-state index contributed by atoms with van der Waals surface area (Å²) in [6.45, 7) is 5.80. The number of benzene rings is 1. The van der Waals surface area contributed by atoms with Crippen molar-refractivity contribution in [3.8, 4) is 23.0 Å². The Bertz CT molecular complexity index is 847. The maximum Gasteiger partial charge on any atom is 0.278 e. The number of nitrogens with zero attached hydrogens (tertiary/aromatic N) is 4. The normalized spacial score (nSPS) is 11.1. The molecule has 1 aromatic carbocycles. The molecule has 22 heavy (non-hydrogen) atoms. The van der Waals surface area contributed by atoms with Gasteiger partial charge in [0.25, 0.3) is 11.4 Å². The van der Waals surface area contributed by atoms with Crippen LogP contribution in [0.25, 0.3) is 23.0 Å². The zero-order valence-electron chi connectivity index (χ0n) is 12.6. The van der Waals surface area contributed by atoms with Gasteiger partial charge in [0, 0.05) is 11.6 Å². The second-order valence-corrected chi connectivity index (χ2v) is 5.38. The maximum absolute atomic E-state index is 11.7. The second-order valence-electron chi connectivity index (χ2n) is 5.38. The van der Waals surface area contributed by atoms with E-state index in [2.05, 4.69) is 15.2 Å². The molecule has 0 saturated heterocycles. The first-order chi connectivity index (χ1) is 10.5. The standard InChI is InChI=1S/C16H16N4O2/c1-10(2)20-14(21)9-8-13(18-20)16-17-15(19-22-16)12-6-4-11(3)5-7-12/h4-10H,1-3H3. The molecule has 0 unspecified atom stereocenters. The van der Waals surface area contributed by atoms with Gasteiger partial charge in [-0.1, -0.05) is 35.0 Å². The predicted octanol–water partition coefficient (Wildman–Crippen LogP) is 2.85. The van der Waals surface area contributed by atoms with E-state index in [9.17, 15) is 4.79 Å². The van der Waals surface area contributed by atoms with Gasteiger partial charge in [-0.2, -0.15) is 10.1 Å². The van der Waals surface area contributed by atoms with Crippen LogP contribution in [0.3, 0.4) is 0 Å². The van der Waals surface area contributed by atoms with Crippen LogP contribution in [-0.4, -0.2) is 19.9 Å². The topological polar surface area (TPSA) is 73.8 Å². The van der Waals surface area contributed by atoms with Crippen LogP contribution in [0.2, 0.25) is 0 Å². The third kappa shape index (κ3) is 2.67. The first-order valence-corrected chi connectivity index (χ1v) is 7.05. The van der Waals surface area contributed by atoms with E-state index < -0.39 is 0 Å². The largest absolute Gasteiger partial charge is 0.332 e. The van der Waals surface area contributed by atoms with Crippen molar-refractivity contribution in [2.45, 2.75) is 26.8 Å². The Morgan fingerprint density at radius 3 is 2.50 bits per heavy atom. The Kier molecular flexibility index (Phi) is 3.58. The molecule has 0 atom stereocenters. The molecule has 0 amide bonds. The average Bonchev–Trinajstić information content (AvgIpc) is 2.98. The molecular formula is C16H16N4O2. The Morgan fingerprint density at radius 2 is 1.82 bits per heavy atom. The highest BCUT2D eigenvalue weighted by Crippen LogP contribution is 2.20. The van der Waals surface area contributed by atoms with Gasteiger partial charge in [-0.3, -0.25) is 4.79 Å². The van der Waals surface area contributed by atoms with E-state index in [0.29, 0.717) is 17.4 Å². The molecule has 0 fully saturated rings. The van der Waals surface area contributed by atoms with Gasteiger partial charge in [-0.25, -0.2) is 4.68 Å². The molecule has 3 aromatic rings. The van der Waals surface area contributed by atoms with Crippen molar-refractivity contribution in [3.05, 3.63) is 52.3 Å². The Hall–Kier alpha value is -2.76.